The number of hydrogen-bond donors (Lipinski definition) is 2. The molecular formula is C13H13ClFN3O2. The Labute approximate surface area is 120 Å². The average Bonchev–Trinajstić information content (AvgIpc) is 2.79. The van der Waals surface area contributed by atoms with E-state index < -0.39 is 11.9 Å². The van der Waals surface area contributed by atoms with Gasteiger partial charge in [-0.05, 0) is 32.0 Å². The SMILES string of the molecule is Cc1cc(NC(=O)[C@@H](C)Nc2ccc(F)c(Cl)c2)no1. The van der Waals surface area contributed by atoms with Gasteiger partial charge >= 0.3 is 0 Å². The van der Waals surface area contributed by atoms with Crippen molar-refractivity contribution >= 4 is 29.0 Å². The molecule has 0 spiro atoms. The van der Waals surface area contributed by atoms with Gasteiger partial charge in [0.1, 0.15) is 17.6 Å². The molecule has 0 aliphatic carbocycles. The third-order valence-corrected chi connectivity index (χ3v) is 2.86. The molecule has 2 N–H and O–H groups in total. The van der Waals surface area contributed by atoms with Crippen molar-refractivity contribution in [3.05, 3.63) is 40.9 Å². The van der Waals surface area contributed by atoms with E-state index in [0.29, 0.717) is 17.3 Å². The zero-order chi connectivity index (χ0) is 14.7. The second-order valence-corrected chi connectivity index (χ2v) is 4.71. The summed E-state index contributed by atoms with van der Waals surface area (Å²) in [6, 6.07) is 5.22. The van der Waals surface area contributed by atoms with Crippen LogP contribution in [0.4, 0.5) is 15.9 Å². The third kappa shape index (κ3) is 3.48. The van der Waals surface area contributed by atoms with Gasteiger partial charge in [-0.3, -0.25) is 4.79 Å². The number of amides is 1. The van der Waals surface area contributed by atoms with Gasteiger partial charge in [-0.25, -0.2) is 4.39 Å². The van der Waals surface area contributed by atoms with E-state index in [2.05, 4.69) is 15.8 Å². The third-order valence-electron chi connectivity index (χ3n) is 2.58. The summed E-state index contributed by atoms with van der Waals surface area (Å²) in [6.45, 7) is 3.39. The minimum Gasteiger partial charge on any atom is -0.374 e. The Kier molecular flexibility index (Phi) is 4.24. The van der Waals surface area contributed by atoms with E-state index in [1.807, 2.05) is 0 Å². The quantitative estimate of drug-likeness (QED) is 0.909. The summed E-state index contributed by atoms with van der Waals surface area (Å²) in [5, 5.41) is 9.17. The van der Waals surface area contributed by atoms with Crippen molar-refractivity contribution in [1.82, 2.24) is 5.16 Å². The fraction of sp³-hybridized carbons (Fsp3) is 0.231. The first-order chi connectivity index (χ1) is 9.45. The predicted molar refractivity (Wildman–Crippen MR) is 74.4 cm³/mol. The molecule has 0 aliphatic heterocycles. The number of benzene rings is 1. The number of nitrogens with zero attached hydrogens (tertiary/aromatic N) is 1. The molecule has 7 heteroatoms. The predicted octanol–water partition coefficient (Wildman–Crippen LogP) is 3.21. The first-order valence-corrected chi connectivity index (χ1v) is 6.29. The van der Waals surface area contributed by atoms with Crippen LogP contribution in [-0.2, 0) is 4.79 Å². The van der Waals surface area contributed by atoms with Crippen molar-refractivity contribution in [3.8, 4) is 0 Å². The molecule has 0 saturated carbocycles. The number of halogens is 2. The Morgan fingerprint density at radius 2 is 2.20 bits per heavy atom. The molecule has 2 aromatic rings. The maximum absolute atomic E-state index is 13.0. The first kappa shape index (κ1) is 14.3. The van der Waals surface area contributed by atoms with Crippen molar-refractivity contribution in [2.45, 2.75) is 19.9 Å². The molecule has 5 nitrogen and oxygen atoms in total. The highest BCUT2D eigenvalue weighted by atomic mass is 35.5. The summed E-state index contributed by atoms with van der Waals surface area (Å²) < 4.78 is 17.9. The molecule has 1 heterocycles. The van der Waals surface area contributed by atoms with Crippen LogP contribution >= 0.6 is 11.6 Å². The van der Waals surface area contributed by atoms with Gasteiger partial charge in [0.2, 0.25) is 5.91 Å². The zero-order valence-electron chi connectivity index (χ0n) is 10.9. The second kappa shape index (κ2) is 5.92. The molecule has 0 bridgehead atoms. The van der Waals surface area contributed by atoms with Crippen LogP contribution in [-0.4, -0.2) is 17.1 Å². The Morgan fingerprint density at radius 3 is 2.80 bits per heavy atom. The molecule has 2 rings (SSSR count). The van der Waals surface area contributed by atoms with Crippen molar-refractivity contribution in [3.63, 3.8) is 0 Å². The van der Waals surface area contributed by atoms with Crippen molar-refractivity contribution < 1.29 is 13.7 Å². The molecule has 1 atom stereocenters. The van der Waals surface area contributed by atoms with Crippen LogP contribution in [0.15, 0.2) is 28.8 Å². The maximum Gasteiger partial charge on any atom is 0.247 e. The van der Waals surface area contributed by atoms with Crippen LogP contribution in [0.2, 0.25) is 5.02 Å². The van der Waals surface area contributed by atoms with Gasteiger partial charge in [-0.15, -0.1) is 0 Å². The maximum atomic E-state index is 13.0. The number of anilines is 2. The number of aromatic nitrogens is 1. The van der Waals surface area contributed by atoms with Crippen molar-refractivity contribution in [2.75, 3.05) is 10.6 Å². The number of hydrogen-bond acceptors (Lipinski definition) is 4. The number of aryl methyl sites for hydroxylation is 1. The summed E-state index contributed by atoms with van der Waals surface area (Å²) in [7, 11) is 0. The molecule has 106 valence electrons. The highest BCUT2D eigenvalue weighted by Crippen LogP contribution is 2.20. The van der Waals surface area contributed by atoms with E-state index in [1.54, 1.807) is 19.9 Å². The molecule has 0 radical (unpaired) electrons. The normalized spacial score (nSPS) is 12.0. The van der Waals surface area contributed by atoms with Gasteiger partial charge < -0.3 is 15.2 Å². The first-order valence-electron chi connectivity index (χ1n) is 5.91. The van der Waals surface area contributed by atoms with Gasteiger partial charge in [-0.2, -0.15) is 0 Å². The van der Waals surface area contributed by atoms with Crippen LogP contribution in [0, 0.1) is 12.7 Å². The van der Waals surface area contributed by atoms with E-state index >= 15 is 0 Å². The molecular weight excluding hydrogens is 285 g/mol. The zero-order valence-corrected chi connectivity index (χ0v) is 11.7. The van der Waals surface area contributed by atoms with Gasteiger partial charge in [0, 0.05) is 11.8 Å². The number of rotatable bonds is 4. The molecule has 1 aromatic heterocycles. The number of carbonyl (C=O) groups excluding carboxylic acids is 1. The van der Waals surface area contributed by atoms with Gasteiger partial charge in [0.05, 0.1) is 5.02 Å². The molecule has 1 aromatic carbocycles. The van der Waals surface area contributed by atoms with Gasteiger partial charge in [-0.1, -0.05) is 16.8 Å². The van der Waals surface area contributed by atoms with Gasteiger partial charge in [0.15, 0.2) is 5.82 Å². The number of carbonyl (C=O) groups is 1. The molecule has 0 unspecified atom stereocenters. The van der Waals surface area contributed by atoms with Crippen LogP contribution in [0.1, 0.15) is 12.7 Å². The summed E-state index contributed by atoms with van der Waals surface area (Å²) in [6.07, 6.45) is 0. The Hall–Kier alpha value is -2.08. The van der Waals surface area contributed by atoms with Crippen LogP contribution in [0.5, 0.6) is 0 Å². The Morgan fingerprint density at radius 1 is 1.45 bits per heavy atom. The fourth-order valence-electron chi connectivity index (χ4n) is 1.56. The smallest absolute Gasteiger partial charge is 0.247 e. The van der Waals surface area contributed by atoms with Crippen LogP contribution in [0.3, 0.4) is 0 Å². The van der Waals surface area contributed by atoms with E-state index in [0.717, 1.165) is 0 Å². The average molecular weight is 298 g/mol. The fourth-order valence-corrected chi connectivity index (χ4v) is 1.74. The molecule has 0 fully saturated rings. The number of nitrogens with one attached hydrogen (secondary N) is 2. The largest absolute Gasteiger partial charge is 0.374 e. The van der Waals surface area contributed by atoms with Gasteiger partial charge in [0.25, 0.3) is 0 Å². The highest BCUT2D eigenvalue weighted by molar-refractivity contribution is 6.31. The lowest BCUT2D eigenvalue weighted by molar-refractivity contribution is -0.116. The van der Waals surface area contributed by atoms with Crippen molar-refractivity contribution in [1.29, 1.82) is 0 Å². The molecule has 0 saturated heterocycles. The lowest BCUT2D eigenvalue weighted by Gasteiger charge is -2.14. The topological polar surface area (TPSA) is 67.2 Å². The van der Waals surface area contributed by atoms with Crippen LogP contribution < -0.4 is 10.6 Å². The van der Waals surface area contributed by atoms with E-state index in [4.69, 9.17) is 16.1 Å². The summed E-state index contributed by atoms with van der Waals surface area (Å²) in [5.74, 6) is 0.149. The highest BCUT2D eigenvalue weighted by Gasteiger charge is 2.15. The summed E-state index contributed by atoms with van der Waals surface area (Å²) in [4.78, 5) is 11.9. The molecule has 0 aliphatic rings. The van der Waals surface area contributed by atoms with E-state index in [9.17, 15) is 9.18 Å². The lowest BCUT2D eigenvalue weighted by Crippen LogP contribution is -2.31. The molecule has 1 amide bonds. The lowest BCUT2D eigenvalue weighted by atomic mass is 10.2. The summed E-state index contributed by atoms with van der Waals surface area (Å²) in [5.41, 5.74) is 0.551. The minimum atomic E-state index is -0.548. The Bertz CT molecular complexity index is 630. The van der Waals surface area contributed by atoms with E-state index in [-0.39, 0.29) is 10.9 Å². The van der Waals surface area contributed by atoms with Crippen molar-refractivity contribution in [2.24, 2.45) is 0 Å². The molecule has 20 heavy (non-hydrogen) atoms. The summed E-state index contributed by atoms with van der Waals surface area (Å²) >= 11 is 5.67. The minimum absolute atomic E-state index is 0.00488. The van der Waals surface area contributed by atoms with E-state index in [1.165, 1.54) is 18.2 Å². The standard InChI is InChI=1S/C13H13ClFN3O2/c1-7-5-12(18-20-7)17-13(19)8(2)16-9-3-4-11(15)10(14)6-9/h3-6,8,16H,1-2H3,(H,17,18,19)/t8-/m1/s1. The Balaban J connectivity index is 1.98. The second-order valence-electron chi connectivity index (χ2n) is 4.31. The van der Waals surface area contributed by atoms with Crippen LogP contribution in [0.25, 0.3) is 0 Å². The monoisotopic (exact) mass is 297 g/mol.